The molecule has 28 heavy (non-hydrogen) atoms. The molecule has 0 atom stereocenters. The van der Waals surface area contributed by atoms with E-state index in [1.165, 1.54) is 21.3 Å². The van der Waals surface area contributed by atoms with E-state index in [0.717, 1.165) is 18.2 Å². The molecule has 8 nitrogen and oxygen atoms in total. The maximum absolute atomic E-state index is 13.9. The maximum atomic E-state index is 13.9. The highest BCUT2D eigenvalue weighted by molar-refractivity contribution is 7.89. The van der Waals surface area contributed by atoms with E-state index in [2.05, 4.69) is 4.72 Å². The van der Waals surface area contributed by atoms with E-state index in [1.807, 2.05) is 0 Å². The van der Waals surface area contributed by atoms with Gasteiger partial charge in [-0.3, -0.25) is 0 Å². The summed E-state index contributed by atoms with van der Waals surface area (Å²) in [6.45, 7) is -0.0578. The van der Waals surface area contributed by atoms with Crippen molar-refractivity contribution < 1.29 is 36.9 Å². The third-order valence-corrected chi connectivity index (χ3v) is 5.37. The molecular weight excluding hydrogens is 393 g/mol. The van der Waals surface area contributed by atoms with Crippen LogP contribution in [0.4, 0.5) is 4.39 Å². The van der Waals surface area contributed by atoms with E-state index in [4.69, 9.17) is 19.3 Å². The third-order valence-electron chi connectivity index (χ3n) is 3.90. The van der Waals surface area contributed by atoms with Gasteiger partial charge in [0.1, 0.15) is 10.7 Å². The Morgan fingerprint density at radius 3 is 2.18 bits per heavy atom. The van der Waals surface area contributed by atoms with Gasteiger partial charge in [-0.15, -0.1) is 0 Å². The Kier molecular flexibility index (Phi) is 6.81. The predicted molar refractivity (Wildman–Crippen MR) is 98.3 cm³/mol. The second-order valence-corrected chi connectivity index (χ2v) is 7.37. The van der Waals surface area contributed by atoms with Crippen molar-refractivity contribution in [2.75, 3.05) is 27.9 Å². The van der Waals surface area contributed by atoms with Gasteiger partial charge < -0.3 is 19.3 Å². The molecule has 0 heterocycles. The number of benzene rings is 2. The molecule has 2 N–H and O–H groups in total. The second kappa shape index (κ2) is 8.89. The summed E-state index contributed by atoms with van der Waals surface area (Å²) >= 11 is 0. The van der Waals surface area contributed by atoms with Crippen molar-refractivity contribution >= 4 is 16.0 Å². The van der Waals surface area contributed by atoms with E-state index in [-0.39, 0.29) is 18.5 Å². The molecule has 0 amide bonds. The number of halogens is 1. The standard InChI is InChI=1S/C18H20FNO7S/c1-25-14-8-11(9-15(26-2)17(14)27-3)6-7-20-28(23,24)16-10-12(18(21)22)4-5-13(16)19/h4-5,8-10,20H,6-7H2,1-3H3,(H,21,22). The van der Waals surface area contributed by atoms with Crippen LogP contribution in [0.2, 0.25) is 0 Å². The molecule has 0 aromatic heterocycles. The van der Waals surface area contributed by atoms with Crippen LogP contribution in [0.3, 0.4) is 0 Å². The van der Waals surface area contributed by atoms with Crippen LogP contribution < -0.4 is 18.9 Å². The zero-order valence-electron chi connectivity index (χ0n) is 15.5. The summed E-state index contributed by atoms with van der Waals surface area (Å²) in [6.07, 6.45) is 0.246. The predicted octanol–water partition coefficient (Wildman–Crippen LogP) is 2.07. The molecule has 0 bridgehead atoms. The minimum Gasteiger partial charge on any atom is -0.493 e. The topological polar surface area (TPSA) is 111 Å². The van der Waals surface area contributed by atoms with Crippen molar-refractivity contribution in [3.05, 3.63) is 47.3 Å². The van der Waals surface area contributed by atoms with E-state index < -0.39 is 26.7 Å². The van der Waals surface area contributed by atoms with Crippen LogP contribution in [0, 0.1) is 5.82 Å². The number of methoxy groups -OCH3 is 3. The molecule has 0 saturated carbocycles. The summed E-state index contributed by atoms with van der Waals surface area (Å²) in [6, 6.07) is 5.91. The van der Waals surface area contributed by atoms with Gasteiger partial charge in [0, 0.05) is 6.54 Å². The van der Waals surface area contributed by atoms with Crippen LogP contribution >= 0.6 is 0 Å². The van der Waals surface area contributed by atoms with Crippen molar-refractivity contribution in [1.29, 1.82) is 0 Å². The maximum Gasteiger partial charge on any atom is 0.335 e. The van der Waals surface area contributed by atoms with Crippen molar-refractivity contribution in [3.63, 3.8) is 0 Å². The molecular formula is C18H20FNO7S. The number of hydrogen-bond donors (Lipinski definition) is 2. The lowest BCUT2D eigenvalue weighted by Gasteiger charge is -2.14. The Hall–Kier alpha value is -2.85. The van der Waals surface area contributed by atoms with Crippen LogP contribution in [-0.4, -0.2) is 47.4 Å². The van der Waals surface area contributed by atoms with Crippen LogP contribution in [0.1, 0.15) is 15.9 Å². The first-order chi connectivity index (χ1) is 13.2. The zero-order valence-corrected chi connectivity index (χ0v) is 16.3. The summed E-state index contributed by atoms with van der Waals surface area (Å²) in [7, 11) is 0.150. The van der Waals surface area contributed by atoms with Gasteiger partial charge in [0.05, 0.1) is 26.9 Å². The van der Waals surface area contributed by atoms with Gasteiger partial charge >= 0.3 is 5.97 Å². The smallest absolute Gasteiger partial charge is 0.335 e. The Labute approximate surface area is 161 Å². The Morgan fingerprint density at radius 1 is 1.07 bits per heavy atom. The quantitative estimate of drug-likeness (QED) is 0.647. The van der Waals surface area contributed by atoms with Crippen LogP contribution in [0.25, 0.3) is 0 Å². The third kappa shape index (κ3) is 4.70. The lowest BCUT2D eigenvalue weighted by molar-refractivity contribution is 0.0696. The minimum atomic E-state index is -4.24. The number of carboxylic acid groups (broad SMARTS) is 1. The van der Waals surface area contributed by atoms with E-state index in [0.29, 0.717) is 22.8 Å². The summed E-state index contributed by atoms with van der Waals surface area (Å²) < 4.78 is 56.6. The van der Waals surface area contributed by atoms with Gasteiger partial charge in [0.15, 0.2) is 11.5 Å². The highest BCUT2D eigenvalue weighted by Gasteiger charge is 2.21. The largest absolute Gasteiger partial charge is 0.493 e. The van der Waals surface area contributed by atoms with Crippen LogP contribution in [-0.2, 0) is 16.4 Å². The molecule has 10 heteroatoms. The first kappa shape index (κ1) is 21.5. The van der Waals surface area contributed by atoms with Crippen molar-refractivity contribution in [3.8, 4) is 17.2 Å². The fourth-order valence-electron chi connectivity index (χ4n) is 2.53. The van der Waals surface area contributed by atoms with E-state index in [1.54, 1.807) is 12.1 Å². The van der Waals surface area contributed by atoms with Crippen molar-refractivity contribution in [2.24, 2.45) is 0 Å². The molecule has 0 unspecified atom stereocenters. The molecule has 0 aliphatic heterocycles. The summed E-state index contributed by atoms with van der Waals surface area (Å²) in [4.78, 5) is 10.3. The summed E-state index contributed by atoms with van der Waals surface area (Å²) in [5, 5.41) is 8.96. The Morgan fingerprint density at radius 2 is 1.68 bits per heavy atom. The number of nitrogens with one attached hydrogen (secondary N) is 1. The molecule has 0 fully saturated rings. The molecule has 0 aliphatic carbocycles. The Bertz CT molecular complexity index is 951. The molecule has 0 saturated heterocycles. The van der Waals surface area contributed by atoms with Gasteiger partial charge in [-0.1, -0.05) is 0 Å². The lowest BCUT2D eigenvalue weighted by Crippen LogP contribution is -2.27. The van der Waals surface area contributed by atoms with Crippen molar-refractivity contribution in [2.45, 2.75) is 11.3 Å². The highest BCUT2D eigenvalue weighted by atomic mass is 32.2. The summed E-state index contributed by atoms with van der Waals surface area (Å²) in [5.41, 5.74) is 0.364. The van der Waals surface area contributed by atoms with Gasteiger partial charge in [0.2, 0.25) is 15.8 Å². The van der Waals surface area contributed by atoms with Gasteiger partial charge in [0.25, 0.3) is 0 Å². The number of sulfonamides is 1. The number of aromatic carboxylic acids is 1. The second-order valence-electron chi connectivity index (χ2n) is 5.63. The molecule has 2 aromatic carbocycles. The van der Waals surface area contributed by atoms with Gasteiger partial charge in [-0.05, 0) is 42.3 Å². The normalized spacial score (nSPS) is 11.1. The number of carbonyl (C=O) groups is 1. The zero-order chi connectivity index (χ0) is 20.9. The molecule has 2 aromatic rings. The first-order valence-electron chi connectivity index (χ1n) is 8.05. The first-order valence-corrected chi connectivity index (χ1v) is 9.53. The van der Waals surface area contributed by atoms with Crippen LogP contribution in [0.15, 0.2) is 35.2 Å². The van der Waals surface area contributed by atoms with Gasteiger partial charge in [-0.2, -0.15) is 0 Å². The van der Waals surface area contributed by atoms with Crippen LogP contribution in [0.5, 0.6) is 17.2 Å². The van der Waals surface area contributed by atoms with E-state index >= 15 is 0 Å². The van der Waals surface area contributed by atoms with Crippen molar-refractivity contribution in [1.82, 2.24) is 4.72 Å². The fourth-order valence-corrected chi connectivity index (χ4v) is 3.66. The molecule has 152 valence electrons. The molecule has 0 aliphatic rings. The van der Waals surface area contributed by atoms with Gasteiger partial charge in [-0.25, -0.2) is 22.3 Å². The number of hydrogen-bond acceptors (Lipinski definition) is 6. The summed E-state index contributed by atoms with van der Waals surface area (Å²) in [5.74, 6) is -1.15. The fraction of sp³-hybridized carbons (Fsp3) is 0.278. The number of ether oxygens (including phenoxy) is 3. The minimum absolute atomic E-state index is 0.0578. The lowest BCUT2D eigenvalue weighted by atomic mass is 10.1. The average molecular weight is 413 g/mol. The highest BCUT2D eigenvalue weighted by Crippen LogP contribution is 2.38. The van der Waals surface area contributed by atoms with E-state index in [9.17, 15) is 17.6 Å². The monoisotopic (exact) mass is 413 g/mol. The molecule has 2 rings (SSSR count). The molecule has 0 radical (unpaired) electrons. The average Bonchev–Trinajstić information content (AvgIpc) is 2.66. The molecule has 0 spiro atoms. The number of rotatable bonds is 9. The Balaban J connectivity index is 2.19. The number of carboxylic acids is 1. The SMILES string of the molecule is COc1cc(CCNS(=O)(=O)c2cc(C(=O)O)ccc2F)cc(OC)c1OC.